The lowest BCUT2D eigenvalue weighted by Crippen LogP contribution is -2.35. The van der Waals surface area contributed by atoms with Gasteiger partial charge in [0.1, 0.15) is 0 Å². The second-order valence-electron chi connectivity index (χ2n) is 7.60. The van der Waals surface area contributed by atoms with Gasteiger partial charge in [-0.15, -0.1) is 0 Å². The molecular weight excluding hydrogens is 392 g/mol. The van der Waals surface area contributed by atoms with Crippen LogP contribution in [0.1, 0.15) is 63.4 Å². The van der Waals surface area contributed by atoms with Crippen LogP contribution in [0, 0.1) is 5.92 Å². The topological polar surface area (TPSA) is 109 Å². The largest absolute Gasteiger partial charge is 0.338 e. The van der Waals surface area contributed by atoms with Gasteiger partial charge in [0.15, 0.2) is 0 Å². The zero-order valence-corrected chi connectivity index (χ0v) is 17.9. The summed E-state index contributed by atoms with van der Waals surface area (Å²) in [5.74, 6) is 0.539. The Hall–Kier alpha value is -1.71. The standard InChI is InChI=1S/C20H34N4O4S/c25-20(23-16-19-11-8-12-21-15-19)22-13-6-1-2-7-14-29(26,27)24-28-17-18-9-4-3-5-10-18/h8,11-12,15,18,24H,1-7,9-10,13-14,16-17H2,(H2,22,23,25). The molecule has 1 aromatic heterocycles. The Morgan fingerprint density at radius 3 is 2.66 bits per heavy atom. The first-order valence-electron chi connectivity index (χ1n) is 10.6. The highest BCUT2D eigenvalue weighted by Crippen LogP contribution is 2.23. The molecule has 164 valence electrons. The predicted octanol–water partition coefficient (Wildman–Crippen LogP) is 2.87. The lowest BCUT2D eigenvalue weighted by atomic mass is 9.90. The fourth-order valence-electron chi connectivity index (χ4n) is 3.36. The van der Waals surface area contributed by atoms with E-state index >= 15 is 0 Å². The maximum Gasteiger partial charge on any atom is 0.315 e. The molecule has 0 unspecified atom stereocenters. The van der Waals surface area contributed by atoms with Crippen molar-refractivity contribution >= 4 is 16.1 Å². The summed E-state index contributed by atoms with van der Waals surface area (Å²) in [6.45, 7) is 1.47. The van der Waals surface area contributed by atoms with Crippen molar-refractivity contribution in [2.24, 2.45) is 5.92 Å². The third-order valence-electron chi connectivity index (χ3n) is 5.03. The molecule has 0 radical (unpaired) electrons. The number of pyridine rings is 1. The number of aromatic nitrogens is 1. The highest BCUT2D eigenvalue weighted by molar-refractivity contribution is 7.89. The second kappa shape index (κ2) is 13.5. The molecule has 3 N–H and O–H groups in total. The van der Waals surface area contributed by atoms with E-state index in [4.69, 9.17) is 4.84 Å². The number of sulfonamides is 1. The van der Waals surface area contributed by atoms with Gasteiger partial charge in [-0.05, 0) is 43.2 Å². The number of nitrogens with one attached hydrogen (secondary N) is 3. The van der Waals surface area contributed by atoms with Gasteiger partial charge in [-0.3, -0.25) is 9.82 Å². The molecule has 1 heterocycles. The highest BCUT2D eigenvalue weighted by atomic mass is 32.2. The van der Waals surface area contributed by atoms with Gasteiger partial charge in [0.25, 0.3) is 0 Å². The molecule has 0 atom stereocenters. The third kappa shape index (κ3) is 11.2. The molecule has 1 aliphatic rings. The Labute approximate surface area is 174 Å². The van der Waals surface area contributed by atoms with Gasteiger partial charge in [0, 0.05) is 25.5 Å². The van der Waals surface area contributed by atoms with Gasteiger partial charge in [-0.25, -0.2) is 13.2 Å². The molecule has 2 amide bonds. The van der Waals surface area contributed by atoms with Crippen molar-refractivity contribution in [3.05, 3.63) is 30.1 Å². The van der Waals surface area contributed by atoms with Crippen LogP contribution in [0.4, 0.5) is 4.79 Å². The summed E-state index contributed by atoms with van der Waals surface area (Å²) >= 11 is 0. The van der Waals surface area contributed by atoms with Crippen molar-refractivity contribution in [3.63, 3.8) is 0 Å². The third-order valence-corrected chi connectivity index (χ3v) is 6.23. The van der Waals surface area contributed by atoms with Crippen LogP contribution >= 0.6 is 0 Å². The molecule has 1 aliphatic carbocycles. The SMILES string of the molecule is O=C(NCCCCCCS(=O)(=O)NOCC1CCCCC1)NCc1cccnc1. The molecule has 8 nitrogen and oxygen atoms in total. The van der Waals surface area contributed by atoms with Crippen LogP contribution in [0.5, 0.6) is 0 Å². The summed E-state index contributed by atoms with van der Waals surface area (Å²) in [6, 6.07) is 3.51. The van der Waals surface area contributed by atoms with Gasteiger partial charge in [-0.2, -0.15) is 0 Å². The second-order valence-corrected chi connectivity index (χ2v) is 9.41. The van der Waals surface area contributed by atoms with E-state index in [1.165, 1.54) is 19.3 Å². The zero-order valence-electron chi connectivity index (χ0n) is 17.1. The number of unbranched alkanes of at least 4 members (excludes halogenated alkanes) is 3. The molecule has 0 bridgehead atoms. The van der Waals surface area contributed by atoms with E-state index in [1.54, 1.807) is 12.4 Å². The maximum atomic E-state index is 11.9. The molecule has 0 aliphatic heterocycles. The number of nitrogens with zero attached hydrogens (tertiary/aromatic N) is 1. The van der Waals surface area contributed by atoms with Crippen LogP contribution in [0.3, 0.4) is 0 Å². The first-order valence-corrected chi connectivity index (χ1v) is 12.2. The first kappa shape index (κ1) is 23.6. The van der Waals surface area contributed by atoms with Crippen LogP contribution in [0.15, 0.2) is 24.5 Å². The Morgan fingerprint density at radius 2 is 1.90 bits per heavy atom. The fraction of sp³-hybridized carbons (Fsp3) is 0.700. The van der Waals surface area contributed by atoms with Gasteiger partial charge < -0.3 is 10.6 Å². The molecule has 1 fully saturated rings. The molecule has 1 saturated carbocycles. The van der Waals surface area contributed by atoms with E-state index in [1.807, 2.05) is 12.1 Å². The van der Waals surface area contributed by atoms with Crippen LogP contribution in [0.25, 0.3) is 0 Å². The number of carbonyl (C=O) groups is 1. The van der Waals surface area contributed by atoms with E-state index < -0.39 is 10.0 Å². The first-order chi connectivity index (χ1) is 14.1. The zero-order chi connectivity index (χ0) is 20.8. The van der Waals surface area contributed by atoms with E-state index in [-0.39, 0.29) is 11.8 Å². The van der Waals surface area contributed by atoms with Crippen LogP contribution < -0.4 is 15.5 Å². The number of hydrogen-bond acceptors (Lipinski definition) is 5. The average molecular weight is 427 g/mol. The van der Waals surface area contributed by atoms with Gasteiger partial charge in [-0.1, -0.05) is 43.1 Å². The maximum absolute atomic E-state index is 11.9. The van der Waals surface area contributed by atoms with Crippen molar-refractivity contribution < 1.29 is 18.0 Å². The Kier molecular flexibility index (Phi) is 11.0. The average Bonchev–Trinajstić information content (AvgIpc) is 2.73. The van der Waals surface area contributed by atoms with E-state index in [2.05, 4.69) is 20.5 Å². The smallest absolute Gasteiger partial charge is 0.315 e. The molecule has 29 heavy (non-hydrogen) atoms. The van der Waals surface area contributed by atoms with Crippen LogP contribution in [0.2, 0.25) is 0 Å². The van der Waals surface area contributed by atoms with Crippen LogP contribution in [-0.4, -0.2) is 38.3 Å². The number of carbonyl (C=O) groups excluding carboxylic acids is 1. The Bertz CT molecular complexity index is 679. The summed E-state index contributed by atoms with van der Waals surface area (Å²) < 4.78 is 23.9. The normalized spacial score (nSPS) is 15.2. The monoisotopic (exact) mass is 426 g/mol. The van der Waals surface area contributed by atoms with Gasteiger partial charge in [0.05, 0.1) is 12.4 Å². The fourth-order valence-corrected chi connectivity index (χ4v) is 4.27. The number of rotatable bonds is 13. The predicted molar refractivity (Wildman–Crippen MR) is 112 cm³/mol. The summed E-state index contributed by atoms with van der Waals surface area (Å²) in [7, 11) is -3.38. The molecular formula is C20H34N4O4S. The van der Waals surface area contributed by atoms with E-state index in [9.17, 15) is 13.2 Å². The molecule has 9 heteroatoms. The number of hydrogen-bond donors (Lipinski definition) is 3. The van der Waals surface area contributed by atoms with Crippen molar-refractivity contribution in [1.82, 2.24) is 20.5 Å². The molecule has 0 spiro atoms. The van der Waals surface area contributed by atoms with Gasteiger partial charge >= 0.3 is 6.03 Å². The molecule has 0 saturated heterocycles. The lowest BCUT2D eigenvalue weighted by Gasteiger charge is -2.20. The lowest BCUT2D eigenvalue weighted by molar-refractivity contribution is 0.0519. The minimum atomic E-state index is -3.38. The van der Waals surface area contributed by atoms with E-state index in [0.29, 0.717) is 32.0 Å². The minimum Gasteiger partial charge on any atom is -0.338 e. The summed E-state index contributed by atoms with van der Waals surface area (Å²) in [5, 5.41) is 5.57. The van der Waals surface area contributed by atoms with Crippen molar-refractivity contribution in [2.45, 2.75) is 64.3 Å². The number of urea groups is 1. The quantitative estimate of drug-likeness (QED) is 0.332. The number of amides is 2. The van der Waals surface area contributed by atoms with Crippen molar-refractivity contribution in [1.29, 1.82) is 0 Å². The van der Waals surface area contributed by atoms with E-state index in [0.717, 1.165) is 37.7 Å². The van der Waals surface area contributed by atoms with Crippen molar-refractivity contribution in [3.8, 4) is 0 Å². The molecule has 0 aromatic carbocycles. The minimum absolute atomic E-state index is 0.0662. The molecule has 1 aromatic rings. The Balaban J connectivity index is 1.42. The summed E-state index contributed by atoms with van der Waals surface area (Å²) in [4.78, 5) is 23.2. The van der Waals surface area contributed by atoms with Crippen LogP contribution in [-0.2, 0) is 21.4 Å². The highest BCUT2D eigenvalue weighted by Gasteiger charge is 2.15. The van der Waals surface area contributed by atoms with Crippen molar-refractivity contribution in [2.75, 3.05) is 18.9 Å². The summed E-state index contributed by atoms with van der Waals surface area (Å²) in [6.07, 6.45) is 12.4. The Morgan fingerprint density at radius 1 is 1.10 bits per heavy atom. The van der Waals surface area contributed by atoms with Gasteiger partial charge in [0.2, 0.25) is 10.0 Å². The summed E-state index contributed by atoms with van der Waals surface area (Å²) in [5.41, 5.74) is 0.945. The molecule has 2 rings (SSSR count).